The molecule has 0 aliphatic rings. The Morgan fingerprint density at radius 1 is 1.09 bits per heavy atom. The molecule has 170 valence electrons. The zero-order valence-electron chi connectivity index (χ0n) is 18.3. The van der Waals surface area contributed by atoms with E-state index in [-0.39, 0.29) is 29.5 Å². The van der Waals surface area contributed by atoms with E-state index in [1.165, 1.54) is 16.4 Å². The molecule has 0 saturated heterocycles. The number of H-pyrrole nitrogens is 1. The van der Waals surface area contributed by atoms with Gasteiger partial charge in [0.1, 0.15) is 5.82 Å². The molecule has 0 fully saturated rings. The molecule has 2 N–H and O–H groups in total. The van der Waals surface area contributed by atoms with Crippen molar-refractivity contribution in [2.45, 2.75) is 25.3 Å². The molecular weight excluding hydrogens is 430 g/mol. The highest BCUT2D eigenvalue weighted by atomic mass is 32.2. The van der Waals surface area contributed by atoms with Gasteiger partial charge in [0.15, 0.2) is 0 Å². The molecule has 0 aliphatic heterocycles. The maximum absolute atomic E-state index is 12.7. The molecule has 3 rings (SSSR count). The van der Waals surface area contributed by atoms with Crippen LogP contribution in [0, 0.1) is 0 Å². The molecule has 0 saturated carbocycles. The molecule has 1 aromatic heterocycles. The Hall–Kier alpha value is -3.08. The minimum atomic E-state index is -3.62. The van der Waals surface area contributed by atoms with Crippen molar-refractivity contribution >= 4 is 32.5 Å². The monoisotopic (exact) mass is 457 g/mol. The third-order valence-electron chi connectivity index (χ3n) is 4.96. The van der Waals surface area contributed by atoms with Crippen molar-refractivity contribution in [2.75, 3.05) is 32.0 Å². The molecule has 0 unspecified atom stereocenters. The number of nitrogens with zero attached hydrogens (tertiary/aromatic N) is 3. The van der Waals surface area contributed by atoms with E-state index in [2.05, 4.69) is 15.3 Å². The summed E-state index contributed by atoms with van der Waals surface area (Å²) < 4.78 is 26.8. The fourth-order valence-corrected chi connectivity index (χ4v) is 4.92. The lowest BCUT2D eigenvalue weighted by Gasteiger charge is -2.19. The SMILES string of the molecule is CCN(CC)S(=O)(=O)c1cccc(NC(=O)CN(C)Cc2nc3ccccc3c(=O)[nH]2)c1. The molecule has 0 spiro atoms. The van der Waals surface area contributed by atoms with Gasteiger partial charge in [0.05, 0.1) is 28.9 Å². The van der Waals surface area contributed by atoms with Gasteiger partial charge in [0.2, 0.25) is 15.9 Å². The van der Waals surface area contributed by atoms with Crippen LogP contribution in [-0.4, -0.2) is 60.2 Å². The summed E-state index contributed by atoms with van der Waals surface area (Å²) in [5.74, 6) is 0.143. The number of rotatable bonds is 9. The summed E-state index contributed by atoms with van der Waals surface area (Å²) in [5.41, 5.74) is 0.763. The van der Waals surface area contributed by atoms with E-state index < -0.39 is 10.0 Å². The minimum absolute atomic E-state index is 0.0313. The quantitative estimate of drug-likeness (QED) is 0.508. The van der Waals surface area contributed by atoms with Crippen LogP contribution in [0.5, 0.6) is 0 Å². The molecule has 3 aromatic rings. The van der Waals surface area contributed by atoms with Crippen LogP contribution in [0.1, 0.15) is 19.7 Å². The summed E-state index contributed by atoms with van der Waals surface area (Å²) in [6, 6.07) is 13.3. The first-order valence-electron chi connectivity index (χ1n) is 10.3. The van der Waals surface area contributed by atoms with Crippen LogP contribution in [0.2, 0.25) is 0 Å². The Kier molecular flexibility index (Phi) is 7.39. The van der Waals surface area contributed by atoms with Crippen LogP contribution >= 0.6 is 0 Å². The Morgan fingerprint density at radius 3 is 2.53 bits per heavy atom. The maximum atomic E-state index is 12.7. The highest BCUT2D eigenvalue weighted by Gasteiger charge is 2.22. The van der Waals surface area contributed by atoms with Gasteiger partial charge in [-0.05, 0) is 37.4 Å². The molecule has 1 heterocycles. The number of aromatic amines is 1. The second kappa shape index (κ2) is 10.0. The van der Waals surface area contributed by atoms with E-state index in [1.54, 1.807) is 56.1 Å². The van der Waals surface area contributed by atoms with Crippen LogP contribution in [0.3, 0.4) is 0 Å². The maximum Gasteiger partial charge on any atom is 0.258 e. The van der Waals surface area contributed by atoms with Gasteiger partial charge in [-0.3, -0.25) is 14.5 Å². The first-order valence-corrected chi connectivity index (χ1v) is 11.7. The van der Waals surface area contributed by atoms with Crippen LogP contribution < -0.4 is 10.9 Å². The van der Waals surface area contributed by atoms with Gasteiger partial charge >= 0.3 is 0 Å². The van der Waals surface area contributed by atoms with E-state index >= 15 is 0 Å². The predicted octanol–water partition coefficient (Wildman–Crippen LogP) is 2.02. The number of benzene rings is 2. The van der Waals surface area contributed by atoms with Gasteiger partial charge in [-0.1, -0.05) is 32.0 Å². The Labute approximate surface area is 187 Å². The number of fused-ring (bicyclic) bond motifs is 1. The van der Waals surface area contributed by atoms with Crippen LogP contribution in [0.4, 0.5) is 5.69 Å². The summed E-state index contributed by atoms with van der Waals surface area (Å²) >= 11 is 0. The van der Waals surface area contributed by atoms with Crippen molar-refractivity contribution in [1.29, 1.82) is 0 Å². The van der Waals surface area contributed by atoms with Gasteiger partial charge in [-0.2, -0.15) is 4.31 Å². The summed E-state index contributed by atoms with van der Waals surface area (Å²) in [5, 5.41) is 3.24. The third kappa shape index (κ3) is 5.39. The number of anilines is 1. The average molecular weight is 458 g/mol. The van der Waals surface area contributed by atoms with Crippen molar-refractivity contribution < 1.29 is 13.2 Å². The number of hydrogen-bond donors (Lipinski definition) is 2. The summed E-state index contributed by atoms with van der Waals surface area (Å²) in [6.07, 6.45) is 0. The highest BCUT2D eigenvalue weighted by Crippen LogP contribution is 2.19. The van der Waals surface area contributed by atoms with E-state index in [4.69, 9.17) is 0 Å². The zero-order valence-corrected chi connectivity index (χ0v) is 19.1. The topological polar surface area (TPSA) is 115 Å². The molecule has 0 aliphatic carbocycles. The van der Waals surface area contributed by atoms with E-state index in [1.807, 2.05) is 6.07 Å². The van der Waals surface area contributed by atoms with Gasteiger partial charge in [0.25, 0.3) is 5.56 Å². The highest BCUT2D eigenvalue weighted by molar-refractivity contribution is 7.89. The third-order valence-corrected chi connectivity index (χ3v) is 7.00. The molecule has 2 aromatic carbocycles. The van der Waals surface area contributed by atoms with Crippen molar-refractivity contribution in [3.05, 3.63) is 64.7 Å². The van der Waals surface area contributed by atoms with Gasteiger partial charge in [0, 0.05) is 18.8 Å². The molecular formula is C22H27N5O4S. The first-order chi connectivity index (χ1) is 15.2. The number of para-hydroxylation sites is 1. The van der Waals surface area contributed by atoms with Gasteiger partial charge in [-0.15, -0.1) is 0 Å². The molecule has 1 amide bonds. The lowest BCUT2D eigenvalue weighted by atomic mass is 10.2. The summed E-state index contributed by atoms with van der Waals surface area (Å²) in [4.78, 5) is 33.7. The fourth-order valence-electron chi connectivity index (χ4n) is 3.41. The number of amides is 1. The smallest absolute Gasteiger partial charge is 0.258 e. The number of sulfonamides is 1. The fraction of sp³-hybridized carbons (Fsp3) is 0.318. The van der Waals surface area contributed by atoms with Crippen LogP contribution in [0.25, 0.3) is 10.9 Å². The van der Waals surface area contributed by atoms with Crippen molar-refractivity contribution in [3.8, 4) is 0 Å². The minimum Gasteiger partial charge on any atom is -0.325 e. The molecule has 0 bridgehead atoms. The van der Waals surface area contributed by atoms with Gasteiger partial charge < -0.3 is 10.3 Å². The Bertz CT molecular complexity index is 1270. The largest absolute Gasteiger partial charge is 0.325 e. The lowest BCUT2D eigenvalue weighted by molar-refractivity contribution is -0.117. The number of aromatic nitrogens is 2. The van der Waals surface area contributed by atoms with E-state index in [9.17, 15) is 18.0 Å². The van der Waals surface area contributed by atoms with E-state index in [0.29, 0.717) is 35.5 Å². The number of carbonyl (C=O) groups is 1. The Morgan fingerprint density at radius 2 is 1.81 bits per heavy atom. The normalized spacial score (nSPS) is 11.9. The number of hydrogen-bond acceptors (Lipinski definition) is 6. The van der Waals surface area contributed by atoms with Crippen molar-refractivity contribution in [2.24, 2.45) is 0 Å². The van der Waals surface area contributed by atoms with Crippen LogP contribution in [-0.2, 0) is 21.4 Å². The van der Waals surface area contributed by atoms with Crippen LogP contribution in [0.15, 0.2) is 58.2 Å². The number of likely N-dealkylation sites (N-methyl/N-ethyl adjacent to an activating group) is 1. The number of carbonyl (C=O) groups excluding carboxylic acids is 1. The second-order valence-electron chi connectivity index (χ2n) is 7.37. The predicted molar refractivity (Wildman–Crippen MR) is 124 cm³/mol. The summed E-state index contributed by atoms with van der Waals surface area (Å²) in [6.45, 7) is 4.59. The summed E-state index contributed by atoms with van der Waals surface area (Å²) in [7, 11) is -1.88. The van der Waals surface area contributed by atoms with Gasteiger partial charge in [-0.25, -0.2) is 13.4 Å². The van der Waals surface area contributed by atoms with Crippen molar-refractivity contribution in [1.82, 2.24) is 19.2 Å². The van der Waals surface area contributed by atoms with Crippen molar-refractivity contribution in [3.63, 3.8) is 0 Å². The van der Waals surface area contributed by atoms with E-state index in [0.717, 1.165) is 0 Å². The number of nitrogens with one attached hydrogen (secondary N) is 2. The first kappa shape index (κ1) is 23.6. The molecule has 10 heteroatoms. The Balaban J connectivity index is 1.66. The lowest BCUT2D eigenvalue weighted by Crippen LogP contribution is -2.31. The molecule has 9 nitrogen and oxygen atoms in total. The standard InChI is InChI=1S/C22H27N5O4S/c1-4-27(5-2)32(30,31)17-10-8-9-16(13-17)23-21(28)15-26(3)14-20-24-19-12-7-6-11-18(19)22(29)25-20/h6-13H,4-5,14-15H2,1-3H3,(H,23,28)(H,24,25,29). The molecule has 0 atom stereocenters. The molecule has 0 radical (unpaired) electrons. The average Bonchev–Trinajstić information content (AvgIpc) is 2.74. The zero-order chi connectivity index (χ0) is 23.3. The second-order valence-corrected chi connectivity index (χ2v) is 9.31. The molecule has 32 heavy (non-hydrogen) atoms.